The van der Waals surface area contributed by atoms with Gasteiger partial charge in [-0.05, 0) is 18.1 Å². The van der Waals surface area contributed by atoms with Gasteiger partial charge in [0.25, 0.3) is 0 Å². The number of benzene rings is 1. The predicted octanol–water partition coefficient (Wildman–Crippen LogP) is 0.559. The number of amides is 2. The fraction of sp³-hybridized carbons (Fsp3) is 0.565. The fourth-order valence-electron chi connectivity index (χ4n) is 4.03. The van der Waals surface area contributed by atoms with Crippen molar-refractivity contribution in [3.05, 3.63) is 48.0 Å². The third-order valence-electron chi connectivity index (χ3n) is 6.01. The molecular weight excluding hydrogens is 378 g/mol. The second kappa shape index (κ2) is 11.2. The zero-order valence-electron chi connectivity index (χ0n) is 18.2. The SMILES string of the molecule is C=CCNC(=O)CN1CCN(CC(=O)N2CCN(Cc3ccccc3C)CC2)CC1. The van der Waals surface area contributed by atoms with Crippen LogP contribution in [0.5, 0.6) is 0 Å². The minimum absolute atomic E-state index is 0.0305. The summed E-state index contributed by atoms with van der Waals surface area (Å²) >= 11 is 0. The lowest BCUT2D eigenvalue weighted by Crippen LogP contribution is -2.54. The minimum Gasteiger partial charge on any atom is -0.352 e. The van der Waals surface area contributed by atoms with Gasteiger partial charge in [-0.15, -0.1) is 6.58 Å². The smallest absolute Gasteiger partial charge is 0.236 e. The monoisotopic (exact) mass is 413 g/mol. The van der Waals surface area contributed by atoms with Crippen LogP contribution < -0.4 is 5.32 Å². The van der Waals surface area contributed by atoms with Crippen LogP contribution in [0.4, 0.5) is 0 Å². The third-order valence-corrected chi connectivity index (χ3v) is 6.01. The molecular formula is C23H35N5O2. The molecule has 1 N–H and O–H groups in total. The topological polar surface area (TPSA) is 59.1 Å². The van der Waals surface area contributed by atoms with Crippen LogP contribution in [0.2, 0.25) is 0 Å². The average Bonchev–Trinajstić information content (AvgIpc) is 2.76. The summed E-state index contributed by atoms with van der Waals surface area (Å²) in [5.74, 6) is 0.255. The Labute approximate surface area is 180 Å². The Hall–Kier alpha value is -2.22. The molecule has 0 bridgehead atoms. The molecule has 0 aliphatic carbocycles. The quantitative estimate of drug-likeness (QED) is 0.631. The van der Waals surface area contributed by atoms with Crippen LogP contribution >= 0.6 is 0 Å². The van der Waals surface area contributed by atoms with Crippen LogP contribution in [0.3, 0.4) is 0 Å². The van der Waals surface area contributed by atoms with Gasteiger partial charge in [-0.1, -0.05) is 30.3 Å². The summed E-state index contributed by atoms with van der Waals surface area (Å²) in [5, 5.41) is 2.81. The number of carbonyl (C=O) groups is 2. The van der Waals surface area contributed by atoms with Crippen LogP contribution in [0, 0.1) is 6.92 Å². The molecule has 0 spiro atoms. The lowest BCUT2D eigenvalue weighted by atomic mass is 10.1. The Bertz CT molecular complexity index is 722. The van der Waals surface area contributed by atoms with Crippen LogP contribution in [0.1, 0.15) is 11.1 Å². The number of hydrogen-bond donors (Lipinski definition) is 1. The van der Waals surface area contributed by atoms with Gasteiger partial charge in [-0.3, -0.25) is 24.3 Å². The first-order valence-corrected chi connectivity index (χ1v) is 10.9. The maximum Gasteiger partial charge on any atom is 0.236 e. The van der Waals surface area contributed by atoms with Gasteiger partial charge in [0.05, 0.1) is 13.1 Å². The molecule has 30 heavy (non-hydrogen) atoms. The highest BCUT2D eigenvalue weighted by atomic mass is 16.2. The van der Waals surface area contributed by atoms with E-state index in [9.17, 15) is 9.59 Å². The molecule has 2 saturated heterocycles. The maximum absolute atomic E-state index is 12.7. The standard InChI is InChI=1S/C23H35N5O2/c1-3-8-24-22(29)18-26-9-11-27(12-10-26)19-23(30)28-15-13-25(14-16-28)17-21-7-5-4-6-20(21)2/h3-7H,1,8-19H2,2H3,(H,24,29). The Morgan fingerprint density at radius 3 is 2.17 bits per heavy atom. The van der Waals surface area contributed by atoms with E-state index in [0.717, 1.165) is 58.9 Å². The first-order valence-electron chi connectivity index (χ1n) is 10.9. The van der Waals surface area contributed by atoms with Gasteiger partial charge in [0.1, 0.15) is 0 Å². The van der Waals surface area contributed by atoms with Crippen molar-refractivity contribution < 1.29 is 9.59 Å². The lowest BCUT2D eigenvalue weighted by molar-refractivity contribution is -0.135. The normalized spacial score (nSPS) is 18.9. The van der Waals surface area contributed by atoms with E-state index < -0.39 is 0 Å². The molecule has 1 aromatic rings. The molecule has 0 unspecified atom stereocenters. The summed E-state index contributed by atoms with van der Waals surface area (Å²) in [4.78, 5) is 33.3. The highest BCUT2D eigenvalue weighted by Crippen LogP contribution is 2.13. The van der Waals surface area contributed by atoms with Crippen molar-refractivity contribution in [2.45, 2.75) is 13.5 Å². The van der Waals surface area contributed by atoms with Gasteiger partial charge in [0.2, 0.25) is 11.8 Å². The summed E-state index contributed by atoms with van der Waals surface area (Å²) in [6.45, 7) is 14.9. The van der Waals surface area contributed by atoms with Crippen molar-refractivity contribution in [2.24, 2.45) is 0 Å². The molecule has 0 radical (unpaired) electrons. The molecule has 2 aliphatic heterocycles. The van der Waals surface area contributed by atoms with E-state index in [1.54, 1.807) is 6.08 Å². The van der Waals surface area contributed by atoms with Gasteiger partial charge in [-0.2, -0.15) is 0 Å². The maximum atomic E-state index is 12.7. The minimum atomic E-state index is 0.0305. The molecule has 0 atom stereocenters. The highest BCUT2D eigenvalue weighted by Gasteiger charge is 2.25. The summed E-state index contributed by atoms with van der Waals surface area (Å²) in [7, 11) is 0. The van der Waals surface area contributed by atoms with E-state index in [4.69, 9.17) is 0 Å². The molecule has 2 amide bonds. The average molecular weight is 414 g/mol. The summed E-state index contributed by atoms with van der Waals surface area (Å²) in [6.07, 6.45) is 1.68. The van der Waals surface area contributed by atoms with Crippen molar-refractivity contribution in [1.82, 2.24) is 24.9 Å². The Balaban J connectivity index is 1.35. The molecule has 1 aromatic carbocycles. The number of nitrogens with one attached hydrogen (secondary N) is 1. The number of carbonyl (C=O) groups excluding carboxylic acids is 2. The second-order valence-corrected chi connectivity index (χ2v) is 8.23. The lowest BCUT2D eigenvalue weighted by Gasteiger charge is -2.38. The molecule has 0 aromatic heterocycles. The largest absolute Gasteiger partial charge is 0.352 e. The van der Waals surface area contributed by atoms with E-state index >= 15 is 0 Å². The number of nitrogens with zero attached hydrogens (tertiary/aromatic N) is 4. The number of aryl methyl sites for hydroxylation is 1. The molecule has 164 valence electrons. The van der Waals surface area contributed by atoms with E-state index in [-0.39, 0.29) is 11.8 Å². The third kappa shape index (κ3) is 6.65. The highest BCUT2D eigenvalue weighted by molar-refractivity contribution is 5.79. The second-order valence-electron chi connectivity index (χ2n) is 8.23. The molecule has 2 fully saturated rings. The predicted molar refractivity (Wildman–Crippen MR) is 119 cm³/mol. The van der Waals surface area contributed by atoms with Crippen molar-refractivity contribution in [1.29, 1.82) is 0 Å². The van der Waals surface area contributed by atoms with Gasteiger partial charge in [0.15, 0.2) is 0 Å². The molecule has 2 aliphatic rings. The Morgan fingerprint density at radius 1 is 0.933 bits per heavy atom. The van der Waals surface area contributed by atoms with Crippen molar-refractivity contribution in [3.8, 4) is 0 Å². The van der Waals surface area contributed by atoms with E-state index in [0.29, 0.717) is 19.6 Å². The summed E-state index contributed by atoms with van der Waals surface area (Å²) in [6, 6.07) is 8.51. The fourth-order valence-corrected chi connectivity index (χ4v) is 4.03. The summed E-state index contributed by atoms with van der Waals surface area (Å²) in [5.41, 5.74) is 2.70. The Kier molecular flexibility index (Phi) is 8.42. The first kappa shape index (κ1) is 22.5. The zero-order valence-corrected chi connectivity index (χ0v) is 18.2. The van der Waals surface area contributed by atoms with Crippen LogP contribution in [-0.4, -0.2) is 103 Å². The van der Waals surface area contributed by atoms with Gasteiger partial charge >= 0.3 is 0 Å². The van der Waals surface area contributed by atoms with E-state index in [1.807, 2.05) is 4.90 Å². The van der Waals surface area contributed by atoms with Crippen molar-refractivity contribution in [2.75, 3.05) is 72.0 Å². The van der Waals surface area contributed by atoms with Gasteiger partial charge in [0, 0.05) is 65.4 Å². The number of piperazine rings is 2. The van der Waals surface area contributed by atoms with Gasteiger partial charge < -0.3 is 10.2 Å². The molecule has 2 heterocycles. The molecule has 7 nitrogen and oxygen atoms in total. The summed E-state index contributed by atoms with van der Waals surface area (Å²) < 4.78 is 0. The molecule has 3 rings (SSSR count). The van der Waals surface area contributed by atoms with Crippen molar-refractivity contribution in [3.63, 3.8) is 0 Å². The number of rotatable bonds is 8. The Morgan fingerprint density at radius 2 is 1.53 bits per heavy atom. The van der Waals surface area contributed by atoms with Crippen LogP contribution in [-0.2, 0) is 16.1 Å². The van der Waals surface area contributed by atoms with Crippen LogP contribution in [0.15, 0.2) is 36.9 Å². The molecule has 0 saturated carbocycles. The van der Waals surface area contributed by atoms with Crippen LogP contribution in [0.25, 0.3) is 0 Å². The number of hydrogen-bond acceptors (Lipinski definition) is 5. The van der Waals surface area contributed by atoms with E-state index in [1.165, 1.54) is 11.1 Å². The van der Waals surface area contributed by atoms with Crippen molar-refractivity contribution >= 4 is 11.8 Å². The van der Waals surface area contributed by atoms with Gasteiger partial charge in [-0.25, -0.2) is 0 Å². The first-order chi connectivity index (χ1) is 14.5. The molecule has 7 heteroatoms. The van der Waals surface area contributed by atoms with E-state index in [2.05, 4.69) is 57.8 Å². The zero-order chi connectivity index (χ0) is 21.3.